The van der Waals surface area contributed by atoms with Crippen LogP contribution in [0.2, 0.25) is 0 Å². The number of benzene rings is 1. The summed E-state index contributed by atoms with van der Waals surface area (Å²) in [6, 6.07) is 9.71. The van der Waals surface area contributed by atoms with Gasteiger partial charge in [-0.25, -0.2) is 4.98 Å². The number of amides is 1. The number of nitrogens with zero attached hydrogens (tertiary/aromatic N) is 1. The second-order valence-electron chi connectivity index (χ2n) is 3.24. The predicted molar refractivity (Wildman–Crippen MR) is 64.1 cm³/mol. The number of carbonyl (C=O) groups is 1. The van der Waals surface area contributed by atoms with Crippen LogP contribution in [0.15, 0.2) is 35.7 Å². The van der Waals surface area contributed by atoms with Crippen LogP contribution >= 0.6 is 11.3 Å². The molecule has 4 nitrogen and oxygen atoms in total. The fourth-order valence-electron chi connectivity index (χ4n) is 1.26. The van der Waals surface area contributed by atoms with Crippen molar-refractivity contribution in [2.75, 3.05) is 5.73 Å². The normalized spacial score (nSPS) is 10.0. The first kappa shape index (κ1) is 10.6. The highest BCUT2D eigenvalue weighted by molar-refractivity contribution is 7.13. The van der Waals surface area contributed by atoms with E-state index in [0.29, 0.717) is 17.4 Å². The molecule has 0 spiro atoms. The first-order chi connectivity index (χ1) is 7.75. The van der Waals surface area contributed by atoms with E-state index in [1.54, 1.807) is 5.38 Å². The first-order valence-corrected chi connectivity index (χ1v) is 5.67. The number of hydrogen-bond donors (Lipinski definition) is 2. The number of hydrogen-bond acceptors (Lipinski definition) is 4. The molecule has 0 atom stereocenters. The van der Waals surface area contributed by atoms with Crippen LogP contribution in [0, 0.1) is 0 Å². The Morgan fingerprint density at radius 2 is 2.12 bits per heavy atom. The molecule has 1 heterocycles. The molecular formula is C11H11N3OS. The Bertz CT molecular complexity index is 481. The standard InChI is InChI=1S/C11H11N3OS/c12-11-14-9(7-16-11)10(15)13-6-8-4-2-1-3-5-8/h1-5,7H,6H2,(H2,12,14)(H,13,15). The molecular weight excluding hydrogens is 222 g/mol. The van der Waals surface area contributed by atoms with E-state index >= 15 is 0 Å². The molecule has 0 radical (unpaired) electrons. The lowest BCUT2D eigenvalue weighted by atomic mass is 10.2. The monoisotopic (exact) mass is 233 g/mol. The SMILES string of the molecule is Nc1nc(C(=O)NCc2ccccc2)cs1. The van der Waals surface area contributed by atoms with Gasteiger partial charge in [0.2, 0.25) is 0 Å². The lowest BCUT2D eigenvalue weighted by Gasteiger charge is -2.02. The molecule has 2 rings (SSSR count). The predicted octanol–water partition coefficient (Wildman–Crippen LogP) is 1.66. The van der Waals surface area contributed by atoms with Crippen LogP contribution in [0.3, 0.4) is 0 Å². The van der Waals surface area contributed by atoms with E-state index in [-0.39, 0.29) is 5.91 Å². The van der Waals surface area contributed by atoms with Crippen molar-refractivity contribution in [1.29, 1.82) is 0 Å². The van der Waals surface area contributed by atoms with Gasteiger partial charge in [-0.2, -0.15) is 0 Å². The van der Waals surface area contributed by atoms with Gasteiger partial charge in [0, 0.05) is 11.9 Å². The fourth-order valence-corrected chi connectivity index (χ4v) is 1.80. The van der Waals surface area contributed by atoms with Crippen LogP contribution in [0.5, 0.6) is 0 Å². The van der Waals surface area contributed by atoms with Gasteiger partial charge in [0.25, 0.3) is 5.91 Å². The smallest absolute Gasteiger partial charge is 0.271 e. The minimum absolute atomic E-state index is 0.197. The van der Waals surface area contributed by atoms with Crippen molar-refractivity contribution in [3.8, 4) is 0 Å². The molecule has 0 saturated heterocycles. The van der Waals surface area contributed by atoms with E-state index in [2.05, 4.69) is 10.3 Å². The molecule has 1 aromatic carbocycles. The van der Waals surface area contributed by atoms with Gasteiger partial charge < -0.3 is 11.1 Å². The van der Waals surface area contributed by atoms with Gasteiger partial charge in [-0.05, 0) is 5.56 Å². The number of nitrogens with one attached hydrogen (secondary N) is 1. The molecule has 0 unspecified atom stereocenters. The quantitative estimate of drug-likeness (QED) is 0.847. The van der Waals surface area contributed by atoms with Gasteiger partial charge in [-0.3, -0.25) is 4.79 Å². The number of thiazole rings is 1. The van der Waals surface area contributed by atoms with E-state index in [4.69, 9.17) is 5.73 Å². The summed E-state index contributed by atoms with van der Waals surface area (Å²) in [4.78, 5) is 15.5. The maximum Gasteiger partial charge on any atom is 0.271 e. The third-order valence-corrected chi connectivity index (χ3v) is 2.72. The van der Waals surface area contributed by atoms with Crippen LogP contribution in [0.4, 0.5) is 5.13 Å². The molecule has 0 saturated carbocycles. The Kier molecular flexibility index (Phi) is 3.16. The van der Waals surface area contributed by atoms with Crippen LogP contribution < -0.4 is 11.1 Å². The summed E-state index contributed by atoms with van der Waals surface area (Å²) in [5.74, 6) is -0.197. The van der Waals surface area contributed by atoms with E-state index in [0.717, 1.165) is 5.56 Å². The van der Waals surface area contributed by atoms with Crippen molar-refractivity contribution >= 4 is 22.4 Å². The molecule has 0 aliphatic carbocycles. The van der Waals surface area contributed by atoms with E-state index in [9.17, 15) is 4.79 Å². The molecule has 0 fully saturated rings. The number of aromatic nitrogens is 1. The van der Waals surface area contributed by atoms with Gasteiger partial charge in [-0.1, -0.05) is 30.3 Å². The number of anilines is 1. The van der Waals surface area contributed by atoms with Gasteiger partial charge in [-0.15, -0.1) is 11.3 Å². The fraction of sp³-hybridized carbons (Fsp3) is 0.0909. The second kappa shape index (κ2) is 4.76. The van der Waals surface area contributed by atoms with Crippen molar-refractivity contribution in [2.45, 2.75) is 6.54 Å². The number of nitrogen functional groups attached to an aromatic ring is 1. The molecule has 0 aliphatic rings. The molecule has 0 bridgehead atoms. The summed E-state index contributed by atoms with van der Waals surface area (Å²) in [7, 11) is 0. The van der Waals surface area contributed by atoms with Gasteiger partial charge in [0.05, 0.1) is 0 Å². The highest BCUT2D eigenvalue weighted by atomic mass is 32.1. The van der Waals surface area contributed by atoms with Crippen LogP contribution in [-0.4, -0.2) is 10.9 Å². The Morgan fingerprint density at radius 1 is 1.38 bits per heavy atom. The minimum atomic E-state index is -0.197. The summed E-state index contributed by atoms with van der Waals surface area (Å²) < 4.78 is 0. The van der Waals surface area contributed by atoms with Gasteiger partial charge in [0.1, 0.15) is 5.69 Å². The Hall–Kier alpha value is -1.88. The van der Waals surface area contributed by atoms with E-state index in [1.807, 2.05) is 30.3 Å². The summed E-state index contributed by atoms with van der Waals surface area (Å²) in [6.07, 6.45) is 0. The average molecular weight is 233 g/mol. The van der Waals surface area contributed by atoms with Crippen LogP contribution in [-0.2, 0) is 6.54 Å². The molecule has 5 heteroatoms. The molecule has 3 N–H and O–H groups in total. The van der Waals surface area contributed by atoms with Crippen molar-refractivity contribution in [3.63, 3.8) is 0 Å². The minimum Gasteiger partial charge on any atom is -0.375 e. The molecule has 0 aliphatic heterocycles. The third kappa shape index (κ3) is 2.58. The van der Waals surface area contributed by atoms with Gasteiger partial charge >= 0.3 is 0 Å². The summed E-state index contributed by atoms with van der Waals surface area (Å²) >= 11 is 1.26. The van der Waals surface area contributed by atoms with Crippen LogP contribution in [0.25, 0.3) is 0 Å². The number of carbonyl (C=O) groups excluding carboxylic acids is 1. The molecule has 2 aromatic rings. The Balaban J connectivity index is 1.94. The third-order valence-electron chi connectivity index (χ3n) is 2.05. The lowest BCUT2D eigenvalue weighted by Crippen LogP contribution is -2.23. The summed E-state index contributed by atoms with van der Waals surface area (Å²) in [5.41, 5.74) is 6.88. The maximum atomic E-state index is 11.6. The summed E-state index contributed by atoms with van der Waals surface area (Å²) in [6.45, 7) is 0.497. The zero-order chi connectivity index (χ0) is 11.4. The first-order valence-electron chi connectivity index (χ1n) is 4.79. The molecule has 1 aromatic heterocycles. The van der Waals surface area contributed by atoms with Gasteiger partial charge in [0.15, 0.2) is 5.13 Å². The molecule has 16 heavy (non-hydrogen) atoms. The number of nitrogens with two attached hydrogens (primary N) is 1. The zero-order valence-electron chi connectivity index (χ0n) is 8.51. The van der Waals surface area contributed by atoms with Crippen molar-refractivity contribution in [2.24, 2.45) is 0 Å². The van der Waals surface area contributed by atoms with E-state index in [1.165, 1.54) is 11.3 Å². The van der Waals surface area contributed by atoms with Crippen molar-refractivity contribution in [1.82, 2.24) is 10.3 Å². The summed E-state index contributed by atoms with van der Waals surface area (Å²) in [5, 5.41) is 4.83. The highest BCUT2D eigenvalue weighted by Crippen LogP contribution is 2.10. The molecule has 1 amide bonds. The second-order valence-corrected chi connectivity index (χ2v) is 4.13. The van der Waals surface area contributed by atoms with Crippen molar-refractivity contribution < 1.29 is 4.79 Å². The largest absolute Gasteiger partial charge is 0.375 e. The average Bonchev–Trinajstić information content (AvgIpc) is 2.74. The Morgan fingerprint density at radius 3 is 2.75 bits per heavy atom. The molecule has 82 valence electrons. The zero-order valence-corrected chi connectivity index (χ0v) is 9.33. The Labute approximate surface area is 97.1 Å². The van der Waals surface area contributed by atoms with E-state index < -0.39 is 0 Å². The lowest BCUT2D eigenvalue weighted by molar-refractivity contribution is 0.0946. The maximum absolute atomic E-state index is 11.6. The number of rotatable bonds is 3. The highest BCUT2D eigenvalue weighted by Gasteiger charge is 2.08. The van der Waals surface area contributed by atoms with Crippen LogP contribution in [0.1, 0.15) is 16.1 Å². The van der Waals surface area contributed by atoms with Crippen molar-refractivity contribution in [3.05, 3.63) is 47.0 Å². The topological polar surface area (TPSA) is 68.0 Å².